The van der Waals surface area contributed by atoms with Crippen LogP contribution in [0.1, 0.15) is 27.7 Å². The van der Waals surface area contributed by atoms with Gasteiger partial charge in [-0.3, -0.25) is 0 Å². The number of likely N-dealkylation sites (N-methyl/N-ethyl adjacent to an activating group) is 1. The van der Waals surface area contributed by atoms with Crippen molar-refractivity contribution in [3.63, 3.8) is 0 Å². The van der Waals surface area contributed by atoms with Gasteiger partial charge in [-0.25, -0.2) is 0 Å². The molecule has 0 radical (unpaired) electrons. The first-order valence-electron chi connectivity index (χ1n) is 4.99. The average Bonchev–Trinajstić information content (AvgIpc) is 2.05. The first-order chi connectivity index (χ1) is 6.11. The highest BCUT2D eigenvalue weighted by molar-refractivity contribution is 4.68. The lowest BCUT2D eigenvalue weighted by molar-refractivity contribution is -0.0425. The summed E-state index contributed by atoms with van der Waals surface area (Å²) in [6.07, 6.45) is 0.395. The Hall–Kier alpha value is -0.120. The molecule has 3 heteroatoms. The SMILES string of the molecule is CCNC(C)C(C)OC(C)COC. The van der Waals surface area contributed by atoms with Gasteiger partial charge in [-0.1, -0.05) is 6.92 Å². The molecular formula is C10H23NO2. The van der Waals surface area contributed by atoms with E-state index in [9.17, 15) is 0 Å². The number of rotatable bonds is 7. The molecule has 0 aliphatic rings. The summed E-state index contributed by atoms with van der Waals surface area (Å²) in [6, 6.07) is 0.393. The molecule has 0 saturated carbocycles. The fourth-order valence-corrected chi connectivity index (χ4v) is 1.25. The van der Waals surface area contributed by atoms with Gasteiger partial charge in [0, 0.05) is 13.2 Å². The minimum absolute atomic E-state index is 0.168. The smallest absolute Gasteiger partial charge is 0.0784 e. The Labute approximate surface area is 81.8 Å². The summed E-state index contributed by atoms with van der Waals surface area (Å²) in [6.45, 7) is 9.98. The highest BCUT2D eigenvalue weighted by atomic mass is 16.5. The van der Waals surface area contributed by atoms with Gasteiger partial charge in [-0.2, -0.15) is 0 Å². The van der Waals surface area contributed by atoms with E-state index in [4.69, 9.17) is 9.47 Å². The fraction of sp³-hybridized carbons (Fsp3) is 1.00. The topological polar surface area (TPSA) is 30.5 Å². The second kappa shape index (κ2) is 7.30. The predicted octanol–water partition coefficient (Wildman–Crippen LogP) is 1.42. The van der Waals surface area contributed by atoms with Crippen molar-refractivity contribution in [2.45, 2.75) is 45.9 Å². The molecule has 0 aromatic rings. The third-order valence-corrected chi connectivity index (χ3v) is 2.08. The van der Waals surface area contributed by atoms with Gasteiger partial charge < -0.3 is 14.8 Å². The van der Waals surface area contributed by atoms with Crippen LogP contribution in [0.4, 0.5) is 0 Å². The molecule has 0 aromatic carbocycles. The summed E-state index contributed by atoms with van der Waals surface area (Å²) < 4.78 is 10.7. The molecule has 0 fully saturated rings. The molecule has 0 rings (SSSR count). The van der Waals surface area contributed by atoms with Crippen molar-refractivity contribution in [1.82, 2.24) is 5.32 Å². The van der Waals surface area contributed by atoms with Crippen LogP contribution in [0.5, 0.6) is 0 Å². The van der Waals surface area contributed by atoms with Crippen LogP contribution in [0.25, 0.3) is 0 Å². The van der Waals surface area contributed by atoms with Gasteiger partial charge in [0.1, 0.15) is 0 Å². The second-order valence-corrected chi connectivity index (χ2v) is 3.45. The molecular weight excluding hydrogens is 166 g/mol. The normalized spacial score (nSPS) is 18.2. The van der Waals surface area contributed by atoms with Gasteiger partial charge in [0.15, 0.2) is 0 Å². The zero-order valence-electron chi connectivity index (χ0n) is 9.46. The fourth-order valence-electron chi connectivity index (χ4n) is 1.25. The third kappa shape index (κ3) is 6.02. The van der Waals surface area contributed by atoms with Gasteiger partial charge in [0.25, 0.3) is 0 Å². The molecule has 13 heavy (non-hydrogen) atoms. The van der Waals surface area contributed by atoms with Gasteiger partial charge in [0.2, 0.25) is 0 Å². The highest BCUT2D eigenvalue weighted by Gasteiger charge is 2.14. The number of nitrogens with one attached hydrogen (secondary N) is 1. The quantitative estimate of drug-likeness (QED) is 0.657. The Morgan fingerprint density at radius 3 is 2.31 bits per heavy atom. The lowest BCUT2D eigenvalue weighted by atomic mass is 10.2. The van der Waals surface area contributed by atoms with Crippen LogP contribution in [0, 0.1) is 0 Å². The first-order valence-corrected chi connectivity index (χ1v) is 4.99. The van der Waals surface area contributed by atoms with Crippen LogP contribution in [0.3, 0.4) is 0 Å². The largest absolute Gasteiger partial charge is 0.382 e. The summed E-state index contributed by atoms with van der Waals surface area (Å²) in [4.78, 5) is 0. The van der Waals surface area contributed by atoms with Gasteiger partial charge >= 0.3 is 0 Å². The maximum atomic E-state index is 5.72. The molecule has 0 amide bonds. The lowest BCUT2D eigenvalue weighted by Crippen LogP contribution is -2.39. The first kappa shape index (κ1) is 12.9. The number of methoxy groups -OCH3 is 1. The van der Waals surface area contributed by atoms with Crippen LogP contribution in [-0.4, -0.2) is 38.5 Å². The Morgan fingerprint density at radius 2 is 1.85 bits per heavy atom. The van der Waals surface area contributed by atoms with Crippen LogP contribution >= 0.6 is 0 Å². The van der Waals surface area contributed by atoms with E-state index in [2.05, 4.69) is 26.1 Å². The van der Waals surface area contributed by atoms with Crippen LogP contribution < -0.4 is 5.32 Å². The van der Waals surface area contributed by atoms with Crippen molar-refractivity contribution < 1.29 is 9.47 Å². The van der Waals surface area contributed by atoms with E-state index in [1.165, 1.54) is 0 Å². The maximum absolute atomic E-state index is 5.72. The number of ether oxygens (including phenoxy) is 2. The number of hydrogen-bond acceptors (Lipinski definition) is 3. The Morgan fingerprint density at radius 1 is 1.23 bits per heavy atom. The maximum Gasteiger partial charge on any atom is 0.0784 e. The van der Waals surface area contributed by atoms with Crippen molar-refractivity contribution in [2.75, 3.05) is 20.3 Å². The van der Waals surface area contributed by atoms with E-state index < -0.39 is 0 Å². The van der Waals surface area contributed by atoms with E-state index in [0.29, 0.717) is 12.6 Å². The van der Waals surface area contributed by atoms with E-state index in [1.807, 2.05) is 6.92 Å². The summed E-state index contributed by atoms with van der Waals surface area (Å²) in [5, 5.41) is 3.33. The molecule has 0 spiro atoms. The molecule has 0 aliphatic heterocycles. The van der Waals surface area contributed by atoms with Crippen molar-refractivity contribution >= 4 is 0 Å². The van der Waals surface area contributed by atoms with Gasteiger partial charge in [0.05, 0.1) is 18.8 Å². The lowest BCUT2D eigenvalue weighted by Gasteiger charge is -2.24. The minimum atomic E-state index is 0.168. The summed E-state index contributed by atoms with van der Waals surface area (Å²) in [7, 11) is 1.69. The molecule has 0 bridgehead atoms. The zero-order valence-corrected chi connectivity index (χ0v) is 9.46. The molecule has 3 nitrogen and oxygen atoms in total. The molecule has 3 unspecified atom stereocenters. The zero-order chi connectivity index (χ0) is 10.3. The molecule has 0 aliphatic carbocycles. The molecule has 0 heterocycles. The van der Waals surface area contributed by atoms with Crippen molar-refractivity contribution in [2.24, 2.45) is 0 Å². The van der Waals surface area contributed by atoms with Gasteiger partial charge in [-0.05, 0) is 27.3 Å². The number of hydrogen-bond donors (Lipinski definition) is 1. The highest BCUT2D eigenvalue weighted by Crippen LogP contribution is 2.02. The molecule has 3 atom stereocenters. The summed E-state index contributed by atoms with van der Waals surface area (Å²) in [5.41, 5.74) is 0. The molecule has 80 valence electrons. The van der Waals surface area contributed by atoms with Crippen LogP contribution in [-0.2, 0) is 9.47 Å². The predicted molar refractivity (Wildman–Crippen MR) is 55.0 cm³/mol. The standard InChI is InChI=1S/C10H23NO2/c1-6-11-9(3)10(4)13-8(2)7-12-5/h8-11H,6-7H2,1-5H3. The monoisotopic (exact) mass is 189 g/mol. The van der Waals surface area contributed by atoms with Crippen molar-refractivity contribution in [3.8, 4) is 0 Å². The van der Waals surface area contributed by atoms with Crippen molar-refractivity contribution in [1.29, 1.82) is 0 Å². The molecule has 0 saturated heterocycles. The Bertz CT molecular complexity index is 119. The summed E-state index contributed by atoms with van der Waals surface area (Å²) in [5.74, 6) is 0. The van der Waals surface area contributed by atoms with Crippen LogP contribution in [0.2, 0.25) is 0 Å². The Balaban J connectivity index is 3.64. The third-order valence-electron chi connectivity index (χ3n) is 2.08. The van der Waals surface area contributed by atoms with E-state index in [-0.39, 0.29) is 12.2 Å². The van der Waals surface area contributed by atoms with Gasteiger partial charge in [-0.15, -0.1) is 0 Å². The average molecular weight is 189 g/mol. The van der Waals surface area contributed by atoms with Crippen molar-refractivity contribution in [3.05, 3.63) is 0 Å². The van der Waals surface area contributed by atoms with E-state index >= 15 is 0 Å². The summed E-state index contributed by atoms with van der Waals surface area (Å²) >= 11 is 0. The minimum Gasteiger partial charge on any atom is -0.382 e. The van der Waals surface area contributed by atoms with E-state index in [0.717, 1.165) is 6.54 Å². The van der Waals surface area contributed by atoms with Crippen LogP contribution in [0.15, 0.2) is 0 Å². The second-order valence-electron chi connectivity index (χ2n) is 3.45. The molecule has 1 N–H and O–H groups in total. The molecule has 0 aromatic heterocycles. The Kier molecular flexibility index (Phi) is 7.23. The van der Waals surface area contributed by atoms with E-state index in [1.54, 1.807) is 7.11 Å².